The second-order valence-electron chi connectivity index (χ2n) is 3.39. The fourth-order valence-electron chi connectivity index (χ4n) is 1.48. The molecule has 1 aromatic carbocycles. The van der Waals surface area contributed by atoms with E-state index < -0.39 is 11.6 Å². The van der Waals surface area contributed by atoms with E-state index in [-0.39, 0.29) is 11.6 Å². The van der Waals surface area contributed by atoms with Crippen molar-refractivity contribution in [2.45, 2.75) is 13.0 Å². The average molecular weight is 231 g/mol. The molecule has 1 atom stereocenters. The van der Waals surface area contributed by atoms with Gasteiger partial charge in [-0.25, -0.2) is 8.78 Å². The standard InChI is InChI=1S/C11H15F2NS/c1-7-4-5-8(12)10(11(7)13)9(14-2)6-15-3/h4-5,9,14H,6H2,1-3H3. The van der Waals surface area contributed by atoms with Crippen LogP contribution in [0, 0.1) is 18.6 Å². The van der Waals surface area contributed by atoms with Gasteiger partial charge in [0.05, 0.1) is 0 Å². The van der Waals surface area contributed by atoms with Crippen LogP contribution in [0.1, 0.15) is 17.2 Å². The number of aryl methyl sites for hydroxylation is 1. The summed E-state index contributed by atoms with van der Waals surface area (Å²) in [6.07, 6.45) is 1.91. The van der Waals surface area contributed by atoms with E-state index in [1.807, 2.05) is 6.26 Å². The van der Waals surface area contributed by atoms with Gasteiger partial charge in [-0.15, -0.1) is 0 Å². The molecule has 0 radical (unpaired) electrons. The van der Waals surface area contributed by atoms with Gasteiger partial charge in [-0.3, -0.25) is 0 Å². The maximum absolute atomic E-state index is 13.7. The normalized spacial score (nSPS) is 12.9. The van der Waals surface area contributed by atoms with Gasteiger partial charge in [0.2, 0.25) is 0 Å². The van der Waals surface area contributed by atoms with Gasteiger partial charge < -0.3 is 5.32 Å². The maximum Gasteiger partial charge on any atom is 0.133 e. The lowest BCUT2D eigenvalue weighted by atomic mass is 10.0. The summed E-state index contributed by atoms with van der Waals surface area (Å²) >= 11 is 1.56. The van der Waals surface area contributed by atoms with Crippen molar-refractivity contribution in [3.05, 3.63) is 34.9 Å². The molecule has 1 unspecified atom stereocenters. The monoisotopic (exact) mass is 231 g/mol. The third-order valence-corrected chi connectivity index (χ3v) is 3.02. The quantitative estimate of drug-likeness (QED) is 0.855. The predicted octanol–water partition coefficient (Wildman–Crippen LogP) is 2.90. The Balaban J connectivity index is 3.15. The van der Waals surface area contributed by atoms with Crippen LogP contribution in [0.15, 0.2) is 12.1 Å². The van der Waals surface area contributed by atoms with Crippen LogP contribution < -0.4 is 5.32 Å². The van der Waals surface area contributed by atoms with Crippen LogP contribution >= 0.6 is 11.8 Å². The molecule has 1 aromatic rings. The van der Waals surface area contributed by atoms with Gasteiger partial charge in [0.25, 0.3) is 0 Å². The van der Waals surface area contributed by atoms with Crippen LogP contribution in [0.4, 0.5) is 8.78 Å². The molecule has 1 rings (SSSR count). The van der Waals surface area contributed by atoms with Crippen molar-refractivity contribution in [1.82, 2.24) is 5.32 Å². The summed E-state index contributed by atoms with van der Waals surface area (Å²) in [6, 6.07) is 2.50. The fraction of sp³-hybridized carbons (Fsp3) is 0.455. The lowest BCUT2D eigenvalue weighted by Crippen LogP contribution is -2.21. The first kappa shape index (κ1) is 12.5. The number of hydrogen-bond acceptors (Lipinski definition) is 2. The second kappa shape index (κ2) is 5.47. The first-order chi connectivity index (χ1) is 7.11. The minimum absolute atomic E-state index is 0.145. The highest BCUT2D eigenvalue weighted by molar-refractivity contribution is 7.98. The summed E-state index contributed by atoms with van der Waals surface area (Å²) < 4.78 is 27.2. The van der Waals surface area contributed by atoms with E-state index in [2.05, 4.69) is 5.32 Å². The van der Waals surface area contributed by atoms with Gasteiger partial charge >= 0.3 is 0 Å². The summed E-state index contributed by atoms with van der Waals surface area (Å²) in [6.45, 7) is 1.64. The summed E-state index contributed by atoms with van der Waals surface area (Å²) in [5.41, 5.74) is 0.625. The Labute approximate surface area is 93.3 Å². The molecular formula is C11H15F2NS. The molecule has 15 heavy (non-hydrogen) atoms. The number of halogens is 2. The molecule has 4 heteroatoms. The molecule has 0 bridgehead atoms. The third-order valence-electron chi connectivity index (χ3n) is 2.35. The Hall–Kier alpha value is -0.610. The van der Waals surface area contributed by atoms with Gasteiger partial charge in [-0.05, 0) is 31.9 Å². The molecule has 0 aliphatic carbocycles. The Bertz CT molecular complexity index is 342. The number of nitrogens with one attached hydrogen (secondary N) is 1. The largest absolute Gasteiger partial charge is 0.312 e. The van der Waals surface area contributed by atoms with Crippen molar-refractivity contribution in [3.63, 3.8) is 0 Å². The van der Waals surface area contributed by atoms with Crippen molar-refractivity contribution in [2.24, 2.45) is 0 Å². The zero-order valence-electron chi connectivity index (χ0n) is 9.10. The van der Waals surface area contributed by atoms with Gasteiger partial charge in [-0.1, -0.05) is 6.07 Å². The van der Waals surface area contributed by atoms with Gasteiger partial charge in [-0.2, -0.15) is 11.8 Å². The number of thioether (sulfide) groups is 1. The SMILES string of the molecule is CNC(CSC)c1c(F)ccc(C)c1F. The molecule has 0 amide bonds. The lowest BCUT2D eigenvalue weighted by molar-refractivity contribution is 0.509. The fourth-order valence-corrected chi connectivity index (χ4v) is 2.14. The van der Waals surface area contributed by atoms with Crippen LogP contribution in [-0.4, -0.2) is 19.1 Å². The van der Waals surface area contributed by atoms with Crippen LogP contribution in [0.2, 0.25) is 0 Å². The van der Waals surface area contributed by atoms with Crippen LogP contribution in [0.3, 0.4) is 0 Å². The zero-order valence-corrected chi connectivity index (χ0v) is 9.92. The smallest absolute Gasteiger partial charge is 0.133 e. The van der Waals surface area contributed by atoms with Crippen molar-refractivity contribution in [3.8, 4) is 0 Å². The van der Waals surface area contributed by atoms with Gasteiger partial charge in [0.1, 0.15) is 11.6 Å². The molecule has 84 valence electrons. The van der Waals surface area contributed by atoms with Crippen molar-refractivity contribution in [2.75, 3.05) is 19.1 Å². The first-order valence-electron chi connectivity index (χ1n) is 4.72. The Morgan fingerprint density at radius 3 is 2.60 bits per heavy atom. The Kier molecular flexibility index (Phi) is 4.54. The minimum Gasteiger partial charge on any atom is -0.312 e. The number of benzene rings is 1. The van der Waals surface area contributed by atoms with Crippen LogP contribution in [0.25, 0.3) is 0 Å². The van der Waals surface area contributed by atoms with Crippen molar-refractivity contribution < 1.29 is 8.78 Å². The average Bonchev–Trinajstić information content (AvgIpc) is 2.22. The van der Waals surface area contributed by atoms with E-state index >= 15 is 0 Å². The molecule has 0 aliphatic rings. The minimum atomic E-state index is -0.480. The second-order valence-corrected chi connectivity index (χ2v) is 4.30. The van der Waals surface area contributed by atoms with Crippen molar-refractivity contribution >= 4 is 11.8 Å². The van der Waals surface area contributed by atoms with Crippen LogP contribution in [-0.2, 0) is 0 Å². The van der Waals surface area contributed by atoms with E-state index in [0.717, 1.165) is 0 Å². The zero-order chi connectivity index (χ0) is 11.4. The van der Waals surface area contributed by atoms with E-state index in [4.69, 9.17) is 0 Å². The molecule has 0 spiro atoms. The highest BCUT2D eigenvalue weighted by atomic mass is 32.2. The molecule has 1 N–H and O–H groups in total. The Morgan fingerprint density at radius 2 is 2.07 bits per heavy atom. The summed E-state index contributed by atoms with van der Waals surface area (Å²) in [7, 11) is 1.71. The molecule has 0 fully saturated rings. The molecule has 0 heterocycles. The number of hydrogen-bond donors (Lipinski definition) is 1. The molecule has 1 nitrogen and oxygen atoms in total. The van der Waals surface area contributed by atoms with Crippen molar-refractivity contribution in [1.29, 1.82) is 0 Å². The summed E-state index contributed by atoms with van der Waals surface area (Å²) in [5.74, 6) is -0.275. The lowest BCUT2D eigenvalue weighted by Gasteiger charge is -2.17. The molecule has 0 saturated carbocycles. The van der Waals surface area contributed by atoms with E-state index in [9.17, 15) is 8.78 Å². The van der Waals surface area contributed by atoms with E-state index in [0.29, 0.717) is 11.3 Å². The van der Waals surface area contributed by atoms with Gasteiger partial charge in [0, 0.05) is 17.4 Å². The summed E-state index contributed by atoms with van der Waals surface area (Å²) in [5, 5.41) is 2.93. The number of rotatable bonds is 4. The topological polar surface area (TPSA) is 12.0 Å². The molecular weight excluding hydrogens is 216 g/mol. The summed E-state index contributed by atoms with van der Waals surface area (Å²) in [4.78, 5) is 0. The molecule has 0 aliphatic heterocycles. The molecule has 0 aromatic heterocycles. The van der Waals surface area contributed by atoms with E-state index in [1.54, 1.807) is 25.7 Å². The predicted molar refractivity (Wildman–Crippen MR) is 61.3 cm³/mol. The van der Waals surface area contributed by atoms with Crippen LogP contribution in [0.5, 0.6) is 0 Å². The third kappa shape index (κ3) is 2.69. The highest BCUT2D eigenvalue weighted by Gasteiger charge is 2.19. The maximum atomic E-state index is 13.7. The van der Waals surface area contributed by atoms with Gasteiger partial charge in [0.15, 0.2) is 0 Å². The Morgan fingerprint density at radius 1 is 1.40 bits per heavy atom. The highest BCUT2D eigenvalue weighted by Crippen LogP contribution is 2.25. The first-order valence-corrected chi connectivity index (χ1v) is 6.12. The van der Waals surface area contributed by atoms with E-state index in [1.165, 1.54) is 12.1 Å². The molecule has 0 saturated heterocycles.